The second kappa shape index (κ2) is 10.8. The second-order valence-corrected chi connectivity index (χ2v) is 14.0. The van der Waals surface area contributed by atoms with Gasteiger partial charge in [0.05, 0.1) is 18.7 Å². The van der Waals surface area contributed by atoms with Crippen LogP contribution in [-0.2, 0) is 10.8 Å². The Bertz CT molecular complexity index is 1400. The summed E-state index contributed by atoms with van der Waals surface area (Å²) in [6.45, 7) is 17.7. The monoisotopic (exact) mass is 541 g/mol. The van der Waals surface area contributed by atoms with E-state index < -0.39 is 0 Å². The zero-order valence-electron chi connectivity index (χ0n) is 25.7. The molecule has 0 saturated carbocycles. The molecule has 2 bridgehead atoms. The standard InChI is InChI=1S/C35H47N3O2/c1-9-22-21-38-15-13-23(22)17-31(38)32(27-12-14-36-30-11-10-26(40-8)19-28(27)30)37-20-24-16-25(34(2,3)4)18-29(33(24)39)35(5,6)7/h10-12,14,16,18-20,22-23,31-32,39H,9,13,15,17,21H2,1-8H3/t22-,23-,31-,32-/m0/s1. The molecule has 3 saturated heterocycles. The van der Waals surface area contributed by atoms with Gasteiger partial charge in [0.25, 0.3) is 0 Å². The van der Waals surface area contributed by atoms with Crippen molar-refractivity contribution in [2.45, 2.75) is 90.6 Å². The summed E-state index contributed by atoms with van der Waals surface area (Å²) in [7, 11) is 1.71. The van der Waals surface area contributed by atoms with Crippen LogP contribution in [0.1, 0.15) is 96.0 Å². The van der Waals surface area contributed by atoms with E-state index >= 15 is 0 Å². The number of aromatic hydroxyl groups is 1. The predicted octanol–water partition coefficient (Wildman–Crippen LogP) is 7.82. The van der Waals surface area contributed by atoms with Crippen LogP contribution in [0.2, 0.25) is 0 Å². The van der Waals surface area contributed by atoms with Crippen molar-refractivity contribution in [1.29, 1.82) is 0 Å². The highest BCUT2D eigenvalue weighted by Crippen LogP contribution is 2.45. The van der Waals surface area contributed by atoms with Gasteiger partial charge in [0.2, 0.25) is 0 Å². The number of phenols is 1. The average molecular weight is 542 g/mol. The molecule has 3 fully saturated rings. The fourth-order valence-electron chi connectivity index (χ4n) is 6.81. The van der Waals surface area contributed by atoms with Gasteiger partial charge in [-0.15, -0.1) is 0 Å². The van der Waals surface area contributed by atoms with Crippen LogP contribution in [0, 0.1) is 11.8 Å². The van der Waals surface area contributed by atoms with E-state index in [4.69, 9.17) is 9.73 Å². The number of benzene rings is 2. The zero-order valence-corrected chi connectivity index (χ0v) is 25.7. The van der Waals surface area contributed by atoms with E-state index in [9.17, 15) is 5.11 Å². The van der Waals surface area contributed by atoms with E-state index in [0.717, 1.165) is 59.1 Å². The van der Waals surface area contributed by atoms with Gasteiger partial charge in [-0.1, -0.05) is 61.0 Å². The maximum Gasteiger partial charge on any atom is 0.128 e. The molecule has 0 amide bonds. The quantitative estimate of drug-likeness (QED) is 0.323. The summed E-state index contributed by atoms with van der Waals surface area (Å²) in [6.07, 6.45) is 7.51. The van der Waals surface area contributed by atoms with Crippen molar-refractivity contribution in [3.05, 3.63) is 64.8 Å². The van der Waals surface area contributed by atoms with Crippen molar-refractivity contribution in [2.75, 3.05) is 20.2 Å². The Morgan fingerprint density at radius 1 is 1.10 bits per heavy atom. The first kappa shape index (κ1) is 28.6. The van der Waals surface area contributed by atoms with Gasteiger partial charge in [0.1, 0.15) is 11.5 Å². The summed E-state index contributed by atoms with van der Waals surface area (Å²) in [5.74, 6) is 2.67. The van der Waals surface area contributed by atoms with Crippen LogP contribution in [0.3, 0.4) is 0 Å². The highest BCUT2D eigenvalue weighted by Gasteiger charge is 2.43. The highest BCUT2D eigenvalue weighted by atomic mass is 16.5. The summed E-state index contributed by atoms with van der Waals surface area (Å²) in [5, 5.41) is 12.6. The van der Waals surface area contributed by atoms with Gasteiger partial charge in [-0.25, -0.2) is 0 Å². The lowest BCUT2D eigenvalue weighted by molar-refractivity contribution is -0.0101. The zero-order chi connectivity index (χ0) is 28.8. The molecule has 0 spiro atoms. The first-order valence-electron chi connectivity index (χ1n) is 15.0. The van der Waals surface area contributed by atoms with Gasteiger partial charge in [-0.05, 0) is 83.5 Å². The van der Waals surface area contributed by atoms with Crippen molar-refractivity contribution >= 4 is 17.1 Å². The molecule has 3 aliphatic rings. The molecule has 0 radical (unpaired) electrons. The van der Waals surface area contributed by atoms with Gasteiger partial charge in [0, 0.05) is 41.5 Å². The lowest BCUT2D eigenvalue weighted by Gasteiger charge is -2.51. The van der Waals surface area contributed by atoms with E-state index in [1.54, 1.807) is 7.11 Å². The van der Waals surface area contributed by atoms with Crippen molar-refractivity contribution in [3.8, 4) is 11.5 Å². The Morgan fingerprint density at radius 2 is 1.88 bits per heavy atom. The molecule has 1 N–H and O–H groups in total. The van der Waals surface area contributed by atoms with E-state index in [0.29, 0.717) is 11.8 Å². The number of piperidine rings is 3. The number of ether oxygens (including phenoxy) is 1. The first-order valence-corrected chi connectivity index (χ1v) is 15.0. The highest BCUT2D eigenvalue weighted by molar-refractivity contribution is 5.87. The Kier molecular flexibility index (Phi) is 7.73. The normalized spacial score (nSPS) is 24.1. The van der Waals surface area contributed by atoms with Crippen LogP contribution in [0.25, 0.3) is 10.9 Å². The molecule has 6 rings (SSSR count). The molecule has 3 aromatic rings. The van der Waals surface area contributed by atoms with Gasteiger partial charge in [-0.3, -0.25) is 14.9 Å². The number of methoxy groups -OCH3 is 1. The van der Waals surface area contributed by atoms with Crippen molar-refractivity contribution in [2.24, 2.45) is 16.8 Å². The summed E-state index contributed by atoms with van der Waals surface area (Å²) < 4.78 is 5.61. The van der Waals surface area contributed by atoms with Crippen molar-refractivity contribution in [3.63, 3.8) is 0 Å². The van der Waals surface area contributed by atoms with Crippen LogP contribution >= 0.6 is 0 Å². The first-order chi connectivity index (χ1) is 18.9. The van der Waals surface area contributed by atoms with Crippen LogP contribution < -0.4 is 4.74 Å². The molecule has 1 unspecified atom stereocenters. The molecule has 0 aliphatic carbocycles. The molecule has 4 heterocycles. The smallest absolute Gasteiger partial charge is 0.128 e. The van der Waals surface area contributed by atoms with Crippen LogP contribution in [-0.4, -0.2) is 47.4 Å². The molecule has 40 heavy (non-hydrogen) atoms. The fourth-order valence-corrected chi connectivity index (χ4v) is 6.81. The van der Waals surface area contributed by atoms with Crippen molar-refractivity contribution < 1.29 is 9.84 Å². The van der Waals surface area contributed by atoms with Gasteiger partial charge < -0.3 is 9.84 Å². The average Bonchev–Trinajstić information content (AvgIpc) is 2.92. The number of hydrogen-bond acceptors (Lipinski definition) is 5. The molecule has 5 nitrogen and oxygen atoms in total. The molecule has 5 atom stereocenters. The molecule has 5 heteroatoms. The molecular formula is C35H47N3O2. The van der Waals surface area contributed by atoms with Gasteiger partial charge in [-0.2, -0.15) is 0 Å². The Morgan fingerprint density at radius 3 is 2.50 bits per heavy atom. The minimum absolute atomic E-state index is 0.0447. The predicted molar refractivity (Wildman–Crippen MR) is 166 cm³/mol. The lowest BCUT2D eigenvalue weighted by Crippen LogP contribution is -2.55. The molecule has 1 aromatic heterocycles. The summed E-state index contributed by atoms with van der Waals surface area (Å²) in [6, 6.07) is 12.8. The van der Waals surface area contributed by atoms with Crippen molar-refractivity contribution in [1.82, 2.24) is 9.88 Å². The minimum atomic E-state index is -0.186. The number of rotatable bonds is 6. The van der Waals surface area contributed by atoms with Gasteiger partial charge in [0.15, 0.2) is 0 Å². The van der Waals surface area contributed by atoms with E-state index in [1.165, 1.54) is 24.0 Å². The molecular weight excluding hydrogens is 494 g/mol. The lowest BCUT2D eigenvalue weighted by atomic mass is 9.72. The fraction of sp³-hybridized carbons (Fsp3) is 0.543. The third-order valence-electron chi connectivity index (χ3n) is 9.31. The Balaban J connectivity index is 1.65. The molecule has 3 aliphatic heterocycles. The number of pyridine rings is 1. The summed E-state index contributed by atoms with van der Waals surface area (Å²) in [4.78, 5) is 12.7. The van der Waals surface area contributed by atoms with E-state index in [1.807, 2.05) is 24.5 Å². The Labute approximate surface area is 240 Å². The SMILES string of the molecule is CC[C@H]1CN2CC[C@H]1C[C@H]2[C@@H](N=Cc1cc(C(C)(C)C)cc(C(C)(C)C)c1O)c1ccnc2ccc(OC)cc12. The topological polar surface area (TPSA) is 58.0 Å². The third-order valence-corrected chi connectivity index (χ3v) is 9.31. The summed E-state index contributed by atoms with van der Waals surface area (Å²) >= 11 is 0. The van der Waals surface area contributed by atoms with Crippen LogP contribution in [0.4, 0.5) is 0 Å². The molecule has 2 aromatic carbocycles. The van der Waals surface area contributed by atoms with Crippen LogP contribution in [0.5, 0.6) is 11.5 Å². The number of hydrogen-bond donors (Lipinski definition) is 1. The van der Waals surface area contributed by atoms with E-state index in [2.05, 4.69) is 82.6 Å². The molecule has 214 valence electrons. The maximum absolute atomic E-state index is 11.5. The second-order valence-electron chi connectivity index (χ2n) is 14.0. The number of phenolic OH excluding ortho intramolecular Hbond substituents is 1. The largest absolute Gasteiger partial charge is 0.507 e. The number of aliphatic imine (C=N–C) groups is 1. The van der Waals surface area contributed by atoms with Crippen LogP contribution in [0.15, 0.2) is 47.6 Å². The number of nitrogens with zero attached hydrogens (tertiary/aromatic N) is 3. The minimum Gasteiger partial charge on any atom is -0.507 e. The Hall–Kier alpha value is -2.92. The number of fused-ring (bicyclic) bond motifs is 4. The summed E-state index contributed by atoms with van der Waals surface area (Å²) in [5.41, 5.74) is 4.86. The van der Waals surface area contributed by atoms with Gasteiger partial charge >= 0.3 is 0 Å². The maximum atomic E-state index is 11.5. The number of aromatic nitrogens is 1. The third kappa shape index (κ3) is 5.50. The van der Waals surface area contributed by atoms with E-state index in [-0.39, 0.29) is 16.9 Å².